The van der Waals surface area contributed by atoms with E-state index >= 15 is 0 Å². The highest BCUT2D eigenvalue weighted by atomic mass is 16.4. The summed E-state index contributed by atoms with van der Waals surface area (Å²) in [6.07, 6.45) is 2.25. The van der Waals surface area contributed by atoms with E-state index in [1.54, 1.807) is 6.33 Å². The number of aliphatic carboxylic acids is 1. The molecule has 2 N–H and O–H groups in total. The summed E-state index contributed by atoms with van der Waals surface area (Å²) in [6, 6.07) is 9.64. The second-order valence-electron chi connectivity index (χ2n) is 4.73. The van der Waals surface area contributed by atoms with Crippen molar-refractivity contribution in [3.8, 4) is 0 Å². The van der Waals surface area contributed by atoms with E-state index in [4.69, 9.17) is 5.11 Å². The lowest BCUT2D eigenvalue weighted by atomic mass is 10.1. The Balaban J connectivity index is 1.81. The lowest BCUT2D eigenvalue weighted by molar-refractivity contribution is -0.139. The Labute approximate surface area is 110 Å². The number of nitrogens with one attached hydrogen (secondary N) is 1. The maximum absolute atomic E-state index is 11.0. The number of carboxylic acids is 1. The Kier molecular flexibility index (Phi) is 3.05. The first kappa shape index (κ1) is 11.9. The van der Waals surface area contributed by atoms with Crippen molar-refractivity contribution < 1.29 is 9.90 Å². The molecular weight excluding hydrogens is 242 g/mol. The van der Waals surface area contributed by atoms with Gasteiger partial charge in [-0.15, -0.1) is 0 Å². The van der Waals surface area contributed by atoms with Gasteiger partial charge in [-0.25, -0.2) is 4.98 Å². The summed E-state index contributed by atoms with van der Waals surface area (Å²) in [5.74, 6) is -0.816. The molecule has 1 aliphatic rings. The fraction of sp³-hybridized carbons (Fsp3) is 0.286. The Morgan fingerprint density at radius 1 is 1.42 bits per heavy atom. The maximum atomic E-state index is 11.0. The molecule has 0 fully saturated rings. The van der Waals surface area contributed by atoms with Gasteiger partial charge in [0.2, 0.25) is 0 Å². The fourth-order valence-electron chi connectivity index (χ4n) is 2.40. The largest absolute Gasteiger partial charge is 0.480 e. The minimum absolute atomic E-state index is 0.451. The van der Waals surface area contributed by atoms with Crippen molar-refractivity contribution >= 4 is 5.97 Å². The van der Waals surface area contributed by atoms with Crippen molar-refractivity contribution in [1.29, 1.82) is 0 Å². The van der Waals surface area contributed by atoms with Gasteiger partial charge in [0, 0.05) is 19.5 Å². The minimum Gasteiger partial charge on any atom is -0.480 e. The van der Waals surface area contributed by atoms with Crippen LogP contribution < -0.4 is 5.32 Å². The topological polar surface area (TPSA) is 67.1 Å². The van der Waals surface area contributed by atoms with Gasteiger partial charge in [-0.3, -0.25) is 10.1 Å². The van der Waals surface area contributed by atoms with Gasteiger partial charge in [0.05, 0.1) is 17.7 Å². The molecule has 5 heteroatoms. The standard InChI is InChI=1S/C14H15N3O2/c18-14(19)12-6-11-13(7-15-12)17(9-16-11)8-10-4-2-1-3-5-10/h1-5,9,12,15H,6-8H2,(H,18,19)/t12-/m0/s1. The molecule has 1 atom stereocenters. The number of hydrogen-bond donors (Lipinski definition) is 2. The lowest BCUT2D eigenvalue weighted by Gasteiger charge is -2.21. The lowest BCUT2D eigenvalue weighted by Crippen LogP contribution is -2.42. The first-order chi connectivity index (χ1) is 9.24. The molecule has 1 aromatic carbocycles. The summed E-state index contributed by atoms with van der Waals surface area (Å²) in [6.45, 7) is 1.32. The van der Waals surface area contributed by atoms with Gasteiger partial charge in [0.15, 0.2) is 0 Å². The molecule has 0 spiro atoms. The van der Waals surface area contributed by atoms with Gasteiger partial charge < -0.3 is 9.67 Å². The summed E-state index contributed by atoms with van der Waals surface area (Å²) < 4.78 is 2.08. The van der Waals surface area contributed by atoms with Crippen LogP contribution in [0.3, 0.4) is 0 Å². The van der Waals surface area contributed by atoms with Crippen molar-refractivity contribution in [2.45, 2.75) is 25.6 Å². The first-order valence-corrected chi connectivity index (χ1v) is 6.27. The van der Waals surface area contributed by atoms with Crippen LogP contribution in [0.15, 0.2) is 36.7 Å². The number of carbonyl (C=O) groups is 1. The molecule has 5 nitrogen and oxygen atoms in total. The molecular formula is C14H15N3O2. The number of fused-ring (bicyclic) bond motifs is 1. The second kappa shape index (κ2) is 4.85. The molecule has 0 saturated heterocycles. The van der Waals surface area contributed by atoms with E-state index < -0.39 is 12.0 Å². The zero-order valence-electron chi connectivity index (χ0n) is 10.4. The van der Waals surface area contributed by atoms with Crippen molar-refractivity contribution in [2.75, 3.05) is 0 Å². The van der Waals surface area contributed by atoms with E-state index in [9.17, 15) is 4.79 Å². The highest BCUT2D eigenvalue weighted by Gasteiger charge is 2.26. The smallest absolute Gasteiger partial charge is 0.321 e. The molecule has 0 saturated carbocycles. The van der Waals surface area contributed by atoms with Crippen molar-refractivity contribution in [3.05, 3.63) is 53.6 Å². The van der Waals surface area contributed by atoms with Gasteiger partial charge in [0.25, 0.3) is 0 Å². The first-order valence-electron chi connectivity index (χ1n) is 6.27. The van der Waals surface area contributed by atoms with Gasteiger partial charge in [-0.05, 0) is 5.56 Å². The van der Waals surface area contributed by atoms with E-state index in [1.165, 1.54) is 5.56 Å². The molecule has 3 rings (SSSR count). The Morgan fingerprint density at radius 2 is 2.21 bits per heavy atom. The molecule has 0 unspecified atom stereocenters. The number of carboxylic acid groups (broad SMARTS) is 1. The fourth-order valence-corrected chi connectivity index (χ4v) is 2.40. The number of nitrogens with zero attached hydrogens (tertiary/aromatic N) is 2. The predicted molar refractivity (Wildman–Crippen MR) is 69.7 cm³/mol. The number of aromatic nitrogens is 2. The molecule has 0 amide bonds. The number of imidazole rings is 1. The van der Waals surface area contributed by atoms with Crippen LogP contribution in [0, 0.1) is 0 Å². The molecule has 98 valence electrons. The summed E-state index contributed by atoms with van der Waals surface area (Å²) in [4.78, 5) is 15.3. The number of benzene rings is 1. The SMILES string of the molecule is O=C(O)[C@@H]1Cc2ncn(Cc3ccccc3)c2CN1. The van der Waals surface area contributed by atoms with Crippen LogP contribution in [0.25, 0.3) is 0 Å². The Bertz CT molecular complexity index is 592. The molecule has 0 bridgehead atoms. The van der Waals surface area contributed by atoms with E-state index in [-0.39, 0.29) is 0 Å². The quantitative estimate of drug-likeness (QED) is 0.862. The summed E-state index contributed by atoms with van der Waals surface area (Å²) in [7, 11) is 0. The van der Waals surface area contributed by atoms with Crippen LogP contribution in [0.2, 0.25) is 0 Å². The molecule has 1 aromatic heterocycles. The number of hydrogen-bond acceptors (Lipinski definition) is 3. The van der Waals surface area contributed by atoms with E-state index in [2.05, 4.69) is 27.0 Å². The monoisotopic (exact) mass is 257 g/mol. The average molecular weight is 257 g/mol. The number of rotatable bonds is 3. The molecule has 1 aliphatic heterocycles. The molecule has 19 heavy (non-hydrogen) atoms. The Hall–Kier alpha value is -2.14. The van der Waals surface area contributed by atoms with Crippen LogP contribution in [-0.2, 0) is 24.3 Å². The van der Waals surface area contributed by atoms with Gasteiger partial charge in [0.1, 0.15) is 6.04 Å². The third kappa shape index (κ3) is 2.37. The van der Waals surface area contributed by atoms with E-state index in [1.807, 2.05) is 18.2 Å². The van der Waals surface area contributed by atoms with Crippen LogP contribution in [0.1, 0.15) is 17.0 Å². The van der Waals surface area contributed by atoms with Crippen LogP contribution in [-0.4, -0.2) is 26.7 Å². The Morgan fingerprint density at radius 3 is 2.95 bits per heavy atom. The zero-order chi connectivity index (χ0) is 13.2. The molecule has 2 aromatic rings. The molecule has 0 radical (unpaired) electrons. The highest BCUT2D eigenvalue weighted by Crippen LogP contribution is 2.17. The summed E-state index contributed by atoms with van der Waals surface area (Å²) in [5.41, 5.74) is 3.19. The zero-order valence-corrected chi connectivity index (χ0v) is 10.4. The van der Waals surface area contributed by atoms with Gasteiger partial charge in [-0.1, -0.05) is 30.3 Å². The predicted octanol–water partition coefficient (Wildman–Crippen LogP) is 1.03. The maximum Gasteiger partial charge on any atom is 0.321 e. The molecule has 2 heterocycles. The van der Waals surface area contributed by atoms with Gasteiger partial charge >= 0.3 is 5.97 Å². The van der Waals surface area contributed by atoms with Crippen LogP contribution in [0.4, 0.5) is 0 Å². The van der Waals surface area contributed by atoms with Crippen molar-refractivity contribution in [3.63, 3.8) is 0 Å². The van der Waals surface area contributed by atoms with Gasteiger partial charge in [-0.2, -0.15) is 0 Å². The second-order valence-corrected chi connectivity index (χ2v) is 4.73. The van der Waals surface area contributed by atoms with Crippen LogP contribution >= 0.6 is 0 Å². The highest BCUT2D eigenvalue weighted by molar-refractivity contribution is 5.74. The van der Waals surface area contributed by atoms with E-state index in [0.29, 0.717) is 13.0 Å². The van der Waals surface area contributed by atoms with Crippen molar-refractivity contribution in [2.24, 2.45) is 0 Å². The summed E-state index contributed by atoms with van der Waals surface area (Å²) in [5, 5.41) is 12.0. The van der Waals surface area contributed by atoms with E-state index in [0.717, 1.165) is 17.9 Å². The molecule has 0 aliphatic carbocycles. The average Bonchev–Trinajstić information content (AvgIpc) is 2.82. The summed E-state index contributed by atoms with van der Waals surface area (Å²) >= 11 is 0. The minimum atomic E-state index is -0.816. The van der Waals surface area contributed by atoms with Crippen molar-refractivity contribution in [1.82, 2.24) is 14.9 Å². The normalized spacial score (nSPS) is 18.0. The third-order valence-electron chi connectivity index (χ3n) is 3.44. The van der Waals surface area contributed by atoms with Crippen LogP contribution in [0.5, 0.6) is 0 Å². The third-order valence-corrected chi connectivity index (χ3v) is 3.44.